The largest absolute Gasteiger partial charge is 0.491 e. The molecule has 0 aromatic heterocycles. The molecule has 3 heteroatoms. The van der Waals surface area contributed by atoms with Crippen molar-refractivity contribution in [2.24, 2.45) is 0 Å². The first-order chi connectivity index (χ1) is 11.3. The molecule has 1 aliphatic rings. The van der Waals surface area contributed by atoms with Gasteiger partial charge in [0.2, 0.25) is 0 Å². The van der Waals surface area contributed by atoms with Crippen LogP contribution in [-0.4, -0.2) is 25.2 Å². The standard InChI is InChI=1S/C20H24N2O/c1-3-19(23-2)20(21-22-13-7-4-8-14-22)18-12-11-16-9-5-6-10-17(16)15-18/h5-6,9-12,15,20-21H,1,4,7-8,13-14H2,2H3. The van der Waals surface area contributed by atoms with Crippen LogP contribution in [0.25, 0.3) is 10.8 Å². The van der Waals surface area contributed by atoms with Gasteiger partial charge in [-0.3, -0.25) is 0 Å². The van der Waals surface area contributed by atoms with E-state index in [2.05, 4.69) is 65.2 Å². The van der Waals surface area contributed by atoms with Gasteiger partial charge in [-0.05, 0) is 35.2 Å². The molecule has 1 N–H and O–H groups in total. The molecule has 120 valence electrons. The normalized spacial score (nSPS) is 16.7. The Labute approximate surface area is 138 Å². The number of benzene rings is 2. The fourth-order valence-electron chi connectivity index (χ4n) is 3.17. The van der Waals surface area contributed by atoms with Crippen LogP contribution in [0.5, 0.6) is 0 Å². The SMILES string of the molecule is C=C=C(OC)C(NN1CCCCC1)c1ccc2ccccc2c1. The summed E-state index contributed by atoms with van der Waals surface area (Å²) in [5.41, 5.74) is 7.72. The molecule has 1 unspecified atom stereocenters. The van der Waals surface area contributed by atoms with Crippen LogP contribution >= 0.6 is 0 Å². The third-order valence-electron chi connectivity index (χ3n) is 4.43. The highest BCUT2D eigenvalue weighted by atomic mass is 16.5. The first kappa shape index (κ1) is 15.8. The van der Waals surface area contributed by atoms with Crippen molar-refractivity contribution in [1.29, 1.82) is 0 Å². The van der Waals surface area contributed by atoms with Gasteiger partial charge in [0, 0.05) is 13.1 Å². The van der Waals surface area contributed by atoms with E-state index in [-0.39, 0.29) is 6.04 Å². The van der Waals surface area contributed by atoms with Gasteiger partial charge >= 0.3 is 0 Å². The fraction of sp³-hybridized carbons (Fsp3) is 0.350. The molecule has 0 radical (unpaired) electrons. The monoisotopic (exact) mass is 308 g/mol. The molecule has 2 aromatic carbocycles. The second-order valence-corrected chi connectivity index (χ2v) is 5.96. The number of hydrogen-bond acceptors (Lipinski definition) is 3. The van der Waals surface area contributed by atoms with Gasteiger partial charge in [0.1, 0.15) is 6.04 Å². The lowest BCUT2D eigenvalue weighted by Gasteiger charge is -2.32. The fourth-order valence-corrected chi connectivity index (χ4v) is 3.17. The lowest BCUT2D eigenvalue weighted by atomic mass is 10.0. The van der Waals surface area contributed by atoms with Gasteiger partial charge in [0.25, 0.3) is 0 Å². The second kappa shape index (κ2) is 7.47. The molecule has 1 atom stereocenters. The highest BCUT2D eigenvalue weighted by Crippen LogP contribution is 2.26. The van der Waals surface area contributed by atoms with Crippen LogP contribution in [-0.2, 0) is 4.74 Å². The van der Waals surface area contributed by atoms with Gasteiger partial charge in [0.15, 0.2) is 5.76 Å². The Kier molecular flexibility index (Phi) is 5.14. The van der Waals surface area contributed by atoms with Crippen LogP contribution in [0, 0.1) is 0 Å². The van der Waals surface area contributed by atoms with Gasteiger partial charge in [0.05, 0.1) is 7.11 Å². The summed E-state index contributed by atoms with van der Waals surface area (Å²) < 4.78 is 5.52. The smallest absolute Gasteiger partial charge is 0.160 e. The molecule has 1 aliphatic heterocycles. The number of piperidine rings is 1. The van der Waals surface area contributed by atoms with Crippen molar-refractivity contribution in [1.82, 2.24) is 10.4 Å². The number of ether oxygens (including phenoxy) is 1. The highest BCUT2D eigenvalue weighted by Gasteiger charge is 2.21. The lowest BCUT2D eigenvalue weighted by molar-refractivity contribution is 0.115. The minimum Gasteiger partial charge on any atom is -0.491 e. The van der Waals surface area contributed by atoms with E-state index in [9.17, 15) is 0 Å². The van der Waals surface area contributed by atoms with Crippen LogP contribution in [0.15, 0.2) is 60.5 Å². The van der Waals surface area contributed by atoms with Gasteiger partial charge in [-0.1, -0.05) is 55.1 Å². The van der Waals surface area contributed by atoms with Crippen molar-refractivity contribution in [3.05, 3.63) is 66.1 Å². The molecule has 1 saturated heterocycles. The Bertz CT molecular complexity index is 712. The number of hydrogen-bond donors (Lipinski definition) is 1. The molecule has 0 amide bonds. The van der Waals surface area contributed by atoms with E-state index in [1.807, 2.05) is 0 Å². The average Bonchev–Trinajstić information content (AvgIpc) is 2.62. The summed E-state index contributed by atoms with van der Waals surface area (Å²) in [6.07, 6.45) is 3.78. The minimum atomic E-state index is -0.0554. The van der Waals surface area contributed by atoms with Crippen molar-refractivity contribution in [2.75, 3.05) is 20.2 Å². The van der Waals surface area contributed by atoms with E-state index in [1.54, 1.807) is 7.11 Å². The maximum absolute atomic E-state index is 5.52. The number of hydrazine groups is 1. The van der Waals surface area contributed by atoms with Crippen LogP contribution in [0.1, 0.15) is 30.9 Å². The molecule has 0 saturated carbocycles. The number of nitrogens with zero attached hydrogens (tertiary/aromatic N) is 1. The average molecular weight is 308 g/mol. The van der Waals surface area contributed by atoms with Crippen LogP contribution in [0.2, 0.25) is 0 Å². The molecule has 1 heterocycles. The maximum Gasteiger partial charge on any atom is 0.160 e. The predicted molar refractivity (Wildman–Crippen MR) is 94.9 cm³/mol. The summed E-state index contributed by atoms with van der Waals surface area (Å²) >= 11 is 0. The Balaban J connectivity index is 1.93. The molecule has 3 nitrogen and oxygen atoms in total. The Morgan fingerprint density at radius 2 is 1.87 bits per heavy atom. The van der Waals surface area contributed by atoms with Gasteiger partial charge in [-0.2, -0.15) is 0 Å². The van der Waals surface area contributed by atoms with Crippen LogP contribution in [0.3, 0.4) is 0 Å². The minimum absolute atomic E-state index is 0.0554. The molecule has 1 fully saturated rings. The molecular weight excluding hydrogens is 284 g/mol. The summed E-state index contributed by atoms with van der Waals surface area (Å²) in [7, 11) is 1.68. The summed E-state index contributed by atoms with van der Waals surface area (Å²) in [5.74, 6) is 0.728. The van der Waals surface area contributed by atoms with Crippen molar-refractivity contribution in [3.8, 4) is 0 Å². The van der Waals surface area contributed by atoms with Crippen molar-refractivity contribution >= 4 is 10.8 Å². The Morgan fingerprint density at radius 1 is 1.13 bits per heavy atom. The van der Waals surface area contributed by atoms with Crippen molar-refractivity contribution in [3.63, 3.8) is 0 Å². The van der Waals surface area contributed by atoms with E-state index in [1.165, 1.54) is 35.6 Å². The second-order valence-electron chi connectivity index (χ2n) is 5.96. The lowest BCUT2D eigenvalue weighted by Crippen LogP contribution is -2.44. The molecule has 0 aliphatic carbocycles. The molecule has 3 rings (SSSR count). The quantitative estimate of drug-likeness (QED) is 0.662. The number of fused-ring (bicyclic) bond motifs is 1. The number of methoxy groups -OCH3 is 1. The third kappa shape index (κ3) is 3.65. The zero-order valence-corrected chi connectivity index (χ0v) is 13.7. The predicted octanol–water partition coefficient (Wildman–Crippen LogP) is 4.19. The van der Waals surface area contributed by atoms with E-state index >= 15 is 0 Å². The van der Waals surface area contributed by atoms with E-state index in [0.717, 1.165) is 18.8 Å². The Hall–Kier alpha value is -2.06. The van der Waals surface area contributed by atoms with Crippen LogP contribution in [0.4, 0.5) is 0 Å². The summed E-state index contributed by atoms with van der Waals surface area (Å²) in [6.45, 7) is 5.92. The van der Waals surface area contributed by atoms with Crippen LogP contribution < -0.4 is 5.43 Å². The molecule has 23 heavy (non-hydrogen) atoms. The molecule has 2 aromatic rings. The molecular formula is C20H24N2O. The zero-order chi connectivity index (χ0) is 16.1. The molecule has 0 spiro atoms. The maximum atomic E-state index is 5.52. The number of rotatable bonds is 5. The first-order valence-corrected chi connectivity index (χ1v) is 8.25. The van der Waals surface area contributed by atoms with Gasteiger partial charge in [-0.25, -0.2) is 10.4 Å². The van der Waals surface area contributed by atoms with E-state index < -0.39 is 0 Å². The first-order valence-electron chi connectivity index (χ1n) is 8.25. The van der Waals surface area contributed by atoms with Gasteiger partial charge in [-0.15, -0.1) is 0 Å². The summed E-state index contributed by atoms with van der Waals surface area (Å²) in [6, 6.07) is 14.9. The van der Waals surface area contributed by atoms with E-state index in [0.29, 0.717) is 0 Å². The van der Waals surface area contributed by atoms with Crippen molar-refractivity contribution < 1.29 is 4.74 Å². The summed E-state index contributed by atoms with van der Waals surface area (Å²) in [5, 5.41) is 4.77. The summed E-state index contributed by atoms with van der Waals surface area (Å²) in [4.78, 5) is 0. The van der Waals surface area contributed by atoms with Gasteiger partial charge < -0.3 is 4.74 Å². The highest BCUT2D eigenvalue weighted by molar-refractivity contribution is 5.83. The van der Waals surface area contributed by atoms with E-state index in [4.69, 9.17) is 4.74 Å². The third-order valence-corrected chi connectivity index (χ3v) is 4.43. The molecule has 0 bridgehead atoms. The topological polar surface area (TPSA) is 24.5 Å². The Morgan fingerprint density at radius 3 is 2.57 bits per heavy atom. The van der Waals surface area contributed by atoms with Crippen molar-refractivity contribution in [2.45, 2.75) is 25.3 Å². The zero-order valence-electron chi connectivity index (χ0n) is 13.7. The number of nitrogens with one attached hydrogen (secondary N) is 1.